The number of aliphatic carboxylic acids is 1. The Morgan fingerprint density at radius 2 is 1.54 bits per heavy atom. The SMILES string of the molecule is CC(C)c1cccc(C(C)C)c1N[C@@H](C)C(=O)OCC(Cl)(Cl)Cl.NCC(=O)O. The van der Waals surface area contributed by atoms with Crippen LogP contribution in [-0.4, -0.2) is 40.0 Å². The molecule has 0 saturated heterocycles. The molecule has 1 rings (SSSR count). The van der Waals surface area contributed by atoms with Gasteiger partial charge < -0.3 is 20.9 Å². The van der Waals surface area contributed by atoms with Crippen LogP contribution in [0.15, 0.2) is 18.2 Å². The number of carbonyl (C=O) groups excluding carboxylic acids is 1. The normalized spacial score (nSPS) is 12.2. The van der Waals surface area contributed by atoms with Crippen LogP contribution in [-0.2, 0) is 14.3 Å². The number of esters is 1. The maximum atomic E-state index is 12.1. The summed E-state index contributed by atoms with van der Waals surface area (Å²) in [6, 6.07) is 5.64. The van der Waals surface area contributed by atoms with E-state index >= 15 is 0 Å². The number of alkyl halides is 3. The second kappa shape index (κ2) is 12.4. The van der Waals surface area contributed by atoms with Gasteiger partial charge in [0.15, 0.2) is 0 Å². The number of para-hydroxylation sites is 1. The molecule has 0 amide bonds. The first-order valence-electron chi connectivity index (χ1n) is 8.84. The Morgan fingerprint density at radius 3 is 1.86 bits per heavy atom. The summed E-state index contributed by atoms with van der Waals surface area (Å²) in [6.45, 7) is 9.67. The number of carboxylic acids is 1. The van der Waals surface area contributed by atoms with Gasteiger partial charge in [-0.05, 0) is 29.9 Å². The summed E-state index contributed by atoms with van der Waals surface area (Å²) in [5, 5.41) is 10.9. The van der Waals surface area contributed by atoms with Crippen molar-refractivity contribution in [1.82, 2.24) is 0 Å². The van der Waals surface area contributed by atoms with Crippen LogP contribution in [0.25, 0.3) is 0 Å². The number of nitrogens with one attached hydrogen (secondary N) is 1. The highest BCUT2D eigenvalue weighted by Crippen LogP contribution is 2.33. The molecule has 0 aliphatic rings. The van der Waals surface area contributed by atoms with Gasteiger partial charge in [0.05, 0.1) is 6.54 Å². The molecule has 0 radical (unpaired) electrons. The second-order valence-electron chi connectivity index (χ2n) is 6.81. The van der Waals surface area contributed by atoms with Gasteiger partial charge in [-0.15, -0.1) is 0 Å². The Labute approximate surface area is 181 Å². The lowest BCUT2D eigenvalue weighted by Crippen LogP contribution is -2.31. The van der Waals surface area contributed by atoms with Gasteiger partial charge in [-0.25, -0.2) is 4.79 Å². The molecule has 28 heavy (non-hydrogen) atoms. The van der Waals surface area contributed by atoms with Crippen molar-refractivity contribution in [3.63, 3.8) is 0 Å². The van der Waals surface area contributed by atoms with Gasteiger partial charge in [-0.1, -0.05) is 80.7 Å². The van der Waals surface area contributed by atoms with Crippen LogP contribution in [0.2, 0.25) is 0 Å². The fourth-order valence-corrected chi connectivity index (χ4v) is 2.43. The third kappa shape index (κ3) is 10.4. The predicted octanol–water partition coefficient (Wildman–Crippen LogP) is 4.68. The van der Waals surface area contributed by atoms with Gasteiger partial charge in [-0.2, -0.15) is 0 Å². The number of carbonyl (C=O) groups is 2. The molecule has 0 saturated carbocycles. The summed E-state index contributed by atoms with van der Waals surface area (Å²) in [4.78, 5) is 21.3. The summed E-state index contributed by atoms with van der Waals surface area (Å²) >= 11 is 16.8. The molecule has 4 N–H and O–H groups in total. The molecule has 1 aromatic rings. The van der Waals surface area contributed by atoms with Crippen molar-refractivity contribution in [1.29, 1.82) is 0 Å². The van der Waals surface area contributed by atoms with Gasteiger partial charge in [0.1, 0.15) is 12.6 Å². The first kappa shape index (κ1) is 26.8. The van der Waals surface area contributed by atoms with Crippen LogP contribution in [0.5, 0.6) is 0 Å². The van der Waals surface area contributed by atoms with Crippen LogP contribution in [0, 0.1) is 0 Å². The lowest BCUT2D eigenvalue weighted by Gasteiger charge is -2.24. The Hall–Kier alpha value is -1.21. The Morgan fingerprint density at radius 1 is 1.11 bits per heavy atom. The average molecular weight is 456 g/mol. The third-order valence-electron chi connectivity index (χ3n) is 3.64. The van der Waals surface area contributed by atoms with E-state index in [2.05, 4.69) is 50.9 Å². The van der Waals surface area contributed by atoms with Gasteiger partial charge in [-0.3, -0.25) is 4.79 Å². The van der Waals surface area contributed by atoms with Crippen molar-refractivity contribution in [2.45, 2.75) is 56.3 Å². The number of rotatable bonds is 7. The van der Waals surface area contributed by atoms with Crippen molar-refractivity contribution in [2.24, 2.45) is 5.73 Å². The summed E-state index contributed by atoms with van der Waals surface area (Å²) in [6.07, 6.45) is 0. The van der Waals surface area contributed by atoms with Crippen LogP contribution in [0.4, 0.5) is 5.69 Å². The molecular weight excluding hydrogens is 427 g/mol. The van der Waals surface area contributed by atoms with E-state index in [1.54, 1.807) is 6.92 Å². The topological polar surface area (TPSA) is 102 Å². The van der Waals surface area contributed by atoms with Crippen molar-refractivity contribution >= 4 is 52.4 Å². The van der Waals surface area contributed by atoms with E-state index in [0.29, 0.717) is 11.8 Å². The fourth-order valence-electron chi connectivity index (χ4n) is 2.27. The number of ether oxygens (including phenoxy) is 1. The highest BCUT2D eigenvalue weighted by atomic mass is 35.6. The molecule has 1 atom stereocenters. The molecule has 0 aromatic heterocycles. The molecule has 0 heterocycles. The number of anilines is 1. The highest BCUT2D eigenvalue weighted by Gasteiger charge is 2.25. The Kier molecular flexibility index (Phi) is 11.8. The number of carboxylic acid groups (broad SMARTS) is 1. The minimum absolute atomic E-state index is 0.272. The summed E-state index contributed by atoms with van der Waals surface area (Å²) in [5.74, 6) is -0.754. The first-order chi connectivity index (χ1) is 12.8. The summed E-state index contributed by atoms with van der Waals surface area (Å²) < 4.78 is 3.44. The molecule has 0 spiro atoms. The molecule has 0 bridgehead atoms. The molecular formula is C19H29Cl3N2O4. The van der Waals surface area contributed by atoms with E-state index in [4.69, 9.17) is 44.6 Å². The maximum absolute atomic E-state index is 12.1. The van der Waals surface area contributed by atoms with Crippen molar-refractivity contribution in [3.8, 4) is 0 Å². The van der Waals surface area contributed by atoms with E-state index < -0.39 is 21.8 Å². The van der Waals surface area contributed by atoms with Crippen LogP contribution < -0.4 is 11.1 Å². The Bertz CT molecular complexity index is 620. The van der Waals surface area contributed by atoms with E-state index in [0.717, 1.165) is 16.8 Å². The molecule has 0 aliphatic carbocycles. The minimum Gasteiger partial charge on any atom is -0.480 e. The first-order valence-corrected chi connectivity index (χ1v) is 9.98. The summed E-state index contributed by atoms with van der Waals surface area (Å²) in [7, 11) is 0. The predicted molar refractivity (Wildman–Crippen MR) is 116 cm³/mol. The zero-order chi connectivity index (χ0) is 22.1. The quantitative estimate of drug-likeness (QED) is 0.408. The zero-order valence-corrected chi connectivity index (χ0v) is 19.0. The molecule has 0 unspecified atom stereocenters. The lowest BCUT2D eigenvalue weighted by atomic mass is 9.92. The van der Waals surface area contributed by atoms with E-state index in [-0.39, 0.29) is 13.2 Å². The third-order valence-corrected chi connectivity index (χ3v) is 3.97. The molecule has 0 fully saturated rings. The van der Waals surface area contributed by atoms with Crippen LogP contribution in [0.1, 0.15) is 57.6 Å². The van der Waals surface area contributed by atoms with Crippen molar-refractivity contribution in [3.05, 3.63) is 29.3 Å². The molecule has 6 nitrogen and oxygen atoms in total. The second-order valence-corrected chi connectivity index (χ2v) is 9.32. The largest absolute Gasteiger partial charge is 0.480 e. The number of nitrogens with two attached hydrogens (primary N) is 1. The zero-order valence-electron chi connectivity index (χ0n) is 16.8. The average Bonchev–Trinajstić information content (AvgIpc) is 2.59. The van der Waals surface area contributed by atoms with Crippen molar-refractivity contribution in [2.75, 3.05) is 18.5 Å². The smallest absolute Gasteiger partial charge is 0.328 e. The van der Waals surface area contributed by atoms with E-state index in [1.807, 2.05) is 6.07 Å². The Balaban J connectivity index is 0.00000129. The summed E-state index contributed by atoms with van der Waals surface area (Å²) in [5.41, 5.74) is 7.88. The van der Waals surface area contributed by atoms with Crippen LogP contribution in [0.3, 0.4) is 0 Å². The van der Waals surface area contributed by atoms with Gasteiger partial charge in [0.25, 0.3) is 0 Å². The lowest BCUT2D eigenvalue weighted by molar-refractivity contribution is -0.144. The number of benzene rings is 1. The molecule has 9 heteroatoms. The highest BCUT2D eigenvalue weighted by molar-refractivity contribution is 6.67. The maximum Gasteiger partial charge on any atom is 0.328 e. The van der Waals surface area contributed by atoms with E-state index in [1.165, 1.54) is 0 Å². The number of hydrogen-bond acceptors (Lipinski definition) is 5. The van der Waals surface area contributed by atoms with Gasteiger partial charge in [0, 0.05) is 5.69 Å². The number of halogens is 3. The molecule has 160 valence electrons. The molecule has 1 aromatic carbocycles. The fraction of sp³-hybridized carbons (Fsp3) is 0.579. The monoisotopic (exact) mass is 454 g/mol. The number of hydrogen-bond donors (Lipinski definition) is 3. The minimum atomic E-state index is -1.60. The standard InChI is InChI=1S/C17H24Cl3NO2.C2H5NO2/c1-10(2)13-7-6-8-14(11(3)4)15(13)21-12(5)16(22)23-9-17(18,19)20;3-1-2(4)5/h6-8,10-12,21H,9H2,1-5H3;1,3H2,(H,4,5)/t12-;/m0./s1. The van der Waals surface area contributed by atoms with Crippen molar-refractivity contribution < 1.29 is 19.4 Å². The van der Waals surface area contributed by atoms with Gasteiger partial charge >= 0.3 is 11.9 Å². The molecule has 0 aliphatic heterocycles. The van der Waals surface area contributed by atoms with Gasteiger partial charge in [0.2, 0.25) is 3.79 Å². The van der Waals surface area contributed by atoms with E-state index in [9.17, 15) is 9.59 Å². The van der Waals surface area contributed by atoms with Crippen LogP contribution >= 0.6 is 34.8 Å².